The zero-order valence-corrected chi connectivity index (χ0v) is 6.96. The molecule has 0 radical (unpaired) electrons. The van der Waals surface area contributed by atoms with Crippen LogP contribution in [0.25, 0.3) is 0 Å². The number of hydrogen-bond donors (Lipinski definition) is 3. The summed E-state index contributed by atoms with van der Waals surface area (Å²) in [7, 11) is 0. The van der Waals surface area contributed by atoms with E-state index in [4.69, 9.17) is 11.5 Å². The van der Waals surface area contributed by atoms with Crippen LogP contribution in [0.3, 0.4) is 0 Å². The van der Waals surface area contributed by atoms with Gasteiger partial charge >= 0.3 is 0 Å². The first-order valence-electron chi connectivity index (χ1n) is 3.99. The lowest BCUT2D eigenvalue weighted by atomic mass is 10.1. The smallest absolute Gasteiger partial charge is 0.118 e. The van der Waals surface area contributed by atoms with Crippen molar-refractivity contribution in [3.8, 4) is 5.75 Å². The number of nitrogens with two attached hydrogens (primary N) is 2. The van der Waals surface area contributed by atoms with Gasteiger partial charge in [0, 0.05) is 6.54 Å². The molecule has 3 nitrogen and oxygen atoms in total. The maximum absolute atomic E-state index is 9.37. The van der Waals surface area contributed by atoms with Crippen LogP contribution in [0.2, 0.25) is 0 Å². The first kappa shape index (κ1) is 9.03. The maximum atomic E-state index is 9.37. The van der Waals surface area contributed by atoms with E-state index < -0.39 is 0 Å². The Morgan fingerprint density at radius 3 is 2.58 bits per heavy atom. The number of phenols is 1. The molecule has 1 aromatic rings. The second kappa shape index (κ2) is 4.09. The Bertz CT molecular complexity index is 261. The third-order valence-corrected chi connectivity index (χ3v) is 1.79. The Balaban J connectivity index is 2.91. The standard InChI is InChI=1S/C9H14N2O/c10-4-3-8-5-7(6-11)1-2-9(8)12/h1-2,5,12H,3-4,6,10-11H2. The minimum absolute atomic E-state index is 0.303. The maximum Gasteiger partial charge on any atom is 0.118 e. The molecule has 0 aliphatic rings. The van der Waals surface area contributed by atoms with Crippen LogP contribution in [0.15, 0.2) is 18.2 Å². The predicted molar refractivity (Wildman–Crippen MR) is 48.8 cm³/mol. The highest BCUT2D eigenvalue weighted by Crippen LogP contribution is 2.18. The Hall–Kier alpha value is -1.06. The van der Waals surface area contributed by atoms with Gasteiger partial charge in [-0.1, -0.05) is 12.1 Å². The molecular formula is C9H14N2O. The number of hydrogen-bond acceptors (Lipinski definition) is 3. The van der Waals surface area contributed by atoms with E-state index >= 15 is 0 Å². The summed E-state index contributed by atoms with van der Waals surface area (Å²) in [5.74, 6) is 0.303. The van der Waals surface area contributed by atoms with Gasteiger partial charge in [-0.2, -0.15) is 0 Å². The summed E-state index contributed by atoms with van der Waals surface area (Å²) in [4.78, 5) is 0. The molecule has 66 valence electrons. The van der Waals surface area contributed by atoms with E-state index in [1.807, 2.05) is 12.1 Å². The number of phenolic OH excluding ortho intramolecular Hbond substituents is 1. The van der Waals surface area contributed by atoms with Crippen molar-refractivity contribution in [3.63, 3.8) is 0 Å². The normalized spacial score (nSPS) is 10.2. The summed E-state index contributed by atoms with van der Waals surface area (Å²) in [6.45, 7) is 1.04. The topological polar surface area (TPSA) is 72.3 Å². The molecule has 0 saturated heterocycles. The summed E-state index contributed by atoms with van der Waals surface area (Å²) >= 11 is 0. The fourth-order valence-corrected chi connectivity index (χ4v) is 1.12. The summed E-state index contributed by atoms with van der Waals surface area (Å²) in [6, 6.07) is 5.37. The molecule has 3 heteroatoms. The average molecular weight is 166 g/mol. The van der Waals surface area contributed by atoms with E-state index in [1.165, 1.54) is 0 Å². The largest absolute Gasteiger partial charge is 0.508 e. The fraction of sp³-hybridized carbons (Fsp3) is 0.333. The minimum Gasteiger partial charge on any atom is -0.508 e. The van der Waals surface area contributed by atoms with Crippen LogP contribution >= 0.6 is 0 Å². The highest BCUT2D eigenvalue weighted by atomic mass is 16.3. The molecule has 1 aromatic carbocycles. The molecule has 0 aromatic heterocycles. The lowest BCUT2D eigenvalue weighted by molar-refractivity contribution is 0.468. The highest BCUT2D eigenvalue weighted by molar-refractivity contribution is 5.36. The van der Waals surface area contributed by atoms with Gasteiger partial charge in [0.05, 0.1) is 0 Å². The molecule has 1 rings (SSSR count). The van der Waals surface area contributed by atoms with Crippen molar-refractivity contribution in [2.45, 2.75) is 13.0 Å². The average Bonchev–Trinajstić information content (AvgIpc) is 2.09. The number of benzene rings is 1. The van der Waals surface area contributed by atoms with Gasteiger partial charge in [-0.05, 0) is 30.2 Å². The van der Waals surface area contributed by atoms with Gasteiger partial charge in [0.15, 0.2) is 0 Å². The molecular weight excluding hydrogens is 152 g/mol. The van der Waals surface area contributed by atoms with Crippen molar-refractivity contribution in [3.05, 3.63) is 29.3 Å². The number of rotatable bonds is 3. The summed E-state index contributed by atoms with van der Waals surface area (Å²) in [6.07, 6.45) is 0.694. The lowest BCUT2D eigenvalue weighted by Gasteiger charge is -2.04. The first-order chi connectivity index (χ1) is 5.77. The van der Waals surface area contributed by atoms with Gasteiger partial charge in [0.1, 0.15) is 5.75 Å². The van der Waals surface area contributed by atoms with Crippen molar-refractivity contribution in [1.82, 2.24) is 0 Å². The Morgan fingerprint density at radius 1 is 1.25 bits per heavy atom. The molecule has 0 aliphatic carbocycles. The highest BCUT2D eigenvalue weighted by Gasteiger charge is 2.00. The molecule has 0 amide bonds. The number of aromatic hydroxyl groups is 1. The van der Waals surface area contributed by atoms with Crippen molar-refractivity contribution in [2.24, 2.45) is 11.5 Å². The van der Waals surface area contributed by atoms with Crippen LogP contribution in [0.1, 0.15) is 11.1 Å². The van der Waals surface area contributed by atoms with Gasteiger partial charge in [-0.25, -0.2) is 0 Å². The van der Waals surface area contributed by atoms with Crippen molar-refractivity contribution >= 4 is 0 Å². The molecule has 12 heavy (non-hydrogen) atoms. The first-order valence-corrected chi connectivity index (χ1v) is 3.99. The molecule has 0 unspecified atom stereocenters. The van der Waals surface area contributed by atoms with Crippen LogP contribution < -0.4 is 11.5 Å². The van der Waals surface area contributed by atoms with Crippen molar-refractivity contribution in [1.29, 1.82) is 0 Å². The van der Waals surface area contributed by atoms with Gasteiger partial charge in [0.2, 0.25) is 0 Å². The summed E-state index contributed by atoms with van der Waals surface area (Å²) in [5, 5.41) is 9.37. The van der Waals surface area contributed by atoms with Crippen molar-refractivity contribution < 1.29 is 5.11 Å². The third kappa shape index (κ3) is 1.96. The Morgan fingerprint density at radius 2 is 2.00 bits per heavy atom. The van der Waals surface area contributed by atoms with Gasteiger partial charge in [0.25, 0.3) is 0 Å². The fourth-order valence-electron chi connectivity index (χ4n) is 1.12. The lowest BCUT2D eigenvalue weighted by Crippen LogP contribution is -2.04. The van der Waals surface area contributed by atoms with Crippen LogP contribution in [0.4, 0.5) is 0 Å². The van der Waals surface area contributed by atoms with E-state index in [-0.39, 0.29) is 0 Å². The molecule has 0 spiro atoms. The van der Waals surface area contributed by atoms with E-state index in [9.17, 15) is 5.11 Å². The van der Waals surface area contributed by atoms with E-state index in [0.717, 1.165) is 11.1 Å². The molecule has 0 saturated carbocycles. The molecule has 0 atom stereocenters. The van der Waals surface area contributed by atoms with Gasteiger partial charge in [-0.3, -0.25) is 0 Å². The summed E-state index contributed by atoms with van der Waals surface area (Å²) in [5.41, 5.74) is 12.7. The minimum atomic E-state index is 0.303. The van der Waals surface area contributed by atoms with Crippen LogP contribution in [-0.2, 0) is 13.0 Å². The van der Waals surface area contributed by atoms with Gasteiger partial charge < -0.3 is 16.6 Å². The monoisotopic (exact) mass is 166 g/mol. The van der Waals surface area contributed by atoms with Gasteiger partial charge in [-0.15, -0.1) is 0 Å². The zero-order chi connectivity index (χ0) is 8.97. The SMILES string of the molecule is NCCc1cc(CN)ccc1O. The van der Waals surface area contributed by atoms with Crippen molar-refractivity contribution in [2.75, 3.05) is 6.54 Å². The molecule has 5 N–H and O–H groups in total. The summed E-state index contributed by atoms with van der Waals surface area (Å²) < 4.78 is 0. The second-order valence-electron chi connectivity index (χ2n) is 2.71. The molecule has 0 fully saturated rings. The van der Waals surface area contributed by atoms with Crippen LogP contribution in [0.5, 0.6) is 5.75 Å². The molecule has 0 heterocycles. The Kier molecular flexibility index (Phi) is 3.08. The Labute approximate surface area is 72.0 Å². The van der Waals surface area contributed by atoms with E-state index in [2.05, 4.69) is 0 Å². The predicted octanol–water partition coefficient (Wildman–Crippen LogP) is 0.352. The zero-order valence-electron chi connectivity index (χ0n) is 6.96. The molecule has 0 bridgehead atoms. The quantitative estimate of drug-likeness (QED) is 0.606. The molecule has 0 aliphatic heterocycles. The second-order valence-corrected chi connectivity index (χ2v) is 2.71. The van der Waals surface area contributed by atoms with E-state index in [0.29, 0.717) is 25.3 Å². The van der Waals surface area contributed by atoms with E-state index in [1.54, 1.807) is 6.07 Å². The third-order valence-electron chi connectivity index (χ3n) is 1.79. The van der Waals surface area contributed by atoms with Crippen LogP contribution in [-0.4, -0.2) is 11.7 Å². The van der Waals surface area contributed by atoms with Crippen LogP contribution in [0, 0.1) is 0 Å².